The van der Waals surface area contributed by atoms with Gasteiger partial charge in [0.05, 0.1) is 0 Å². The summed E-state index contributed by atoms with van der Waals surface area (Å²) in [7, 11) is 0. The summed E-state index contributed by atoms with van der Waals surface area (Å²) in [5.74, 6) is 1.02. The maximum atomic E-state index is 10.6. The van der Waals surface area contributed by atoms with Crippen LogP contribution in [-0.4, -0.2) is 5.78 Å². The first kappa shape index (κ1) is 17.7. The van der Waals surface area contributed by atoms with E-state index in [9.17, 15) is 4.79 Å². The molecule has 0 aromatic heterocycles. The van der Waals surface area contributed by atoms with Crippen LogP contribution in [0.15, 0.2) is 0 Å². The van der Waals surface area contributed by atoms with Crippen molar-refractivity contribution in [1.82, 2.24) is 0 Å². The summed E-state index contributed by atoms with van der Waals surface area (Å²) in [5, 5.41) is 0. The minimum atomic E-state index is 0.231. The lowest BCUT2D eigenvalue weighted by Crippen LogP contribution is -2.12. The molecule has 0 aromatic carbocycles. The molecule has 1 heteroatoms. The average molecular weight is 174 g/mol. The van der Waals surface area contributed by atoms with Crippen LogP contribution in [0.5, 0.6) is 0 Å². The first-order valence-corrected chi connectivity index (χ1v) is 5.06. The van der Waals surface area contributed by atoms with Crippen LogP contribution in [0.3, 0.4) is 0 Å². The molecule has 0 saturated heterocycles. The van der Waals surface area contributed by atoms with Crippen molar-refractivity contribution in [2.45, 2.75) is 55.4 Å². The molecule has 0 radical (unpaired) electrons. The van der Waals surface area contributed by atoms with E-state index in [-0.39, 0.29) is 5.92 Å². The van der Waals surface area contributed by atoms with Crippen LogP contribution in [0.2, 0.25) is 0 Å². The number of carbonyl (C=O) groups is 1. The Bertz CT molecular complexity index is 85.0. The maximum Gasteiger partial charge on any atom is 0.132 e. The lowest BCUT2D eigenvalue weighted by atomic mass is 9.95. The number of carbonyl (C=O) groups excluding carboxylic acids is 1. The highest BCUT2D eigenvalue weighted by Gasteiger charge is 2.10. The first-order valence-electron chi connectivity index (χ1n) is 5.06. The second kappa shape index (κ2) is 13.3. The van der Waals surface area contributed by atoms with Gasteiger partial charge in [0, 0.05) is 5.92 Å². The molecule has 0 spiro atoms. The minimum Gasteiger partial charge on any atom is -0.300 e. The summed E-state index contributed by atoms with van der Waals surface area (Å²) in [4.78, 5) is 10.6. The molecule has 0 unspecified atom stereocenters. The van der Waals surface area contributed by atoms with Gasteiger partial charge in [-0.2, -0.15) is 0 Å². The fraction of sp³-hybridized carbons (Fsp3) is 0.909. The van der Waals surface area contributed by atoms with E-state index in [4.69, 9.17) is 0 Å². The highest BCUT2D eigenvalue weighted by molar-refractivity contribution is 5.78. The van der Waals surface area contributed by atoms with Gasteiger partial charge >= 0.3 is 0 Å². The van der Waals surface area contributed by atoms with Crippen LogP contribution in [0.4, 0.5) is 0 Å². The summed E-state index contributed by atoms with van der Waals surface area (Å²) in [5.41, 5.74) is 0. The first-order chi connectivity index (χ1) is 5.55. The van der Waals surface area contributed by atoms with E-state index in [1.54, 1.807) is 6.92 Å². The van der Waals surface area contributed by atoms with Gasteiger partial charge in [-0.3, -0.25) is 4.79 Å². The third-order valence-electron chi connectivity index (χ3n) is 1.64. The molecule has 0 aliphatic rings. The molecule has 0 amide bonds. The molecule has 0 aliphatic heterocycles. The van der Waals surface area contributed by atoms with Gasteiger partial charge in [0.2, 0.25) is 0 Å². The molecule has 1 nitrogen and oxygen atoms in total. The fourth-order valence-corrected chi connectivity index (χ4v) is 0.469. The van der Waals surface area contributed by atoms with Gasteiger partial charge in [-0.05, 0) is 12.8 Å². The van der Waals surface area contributed by atoms with E-state index >= 15 is 0 Å². The molecule has 0 N–H and O–H groups in total. The lowest BCUT2D eigenvalue weighted by molar-refractivity contribution is -0.121. The smallest absolute Gasteiger partial charge is 0.132 e. The van der Waals surface area contributed by atoms with Crippen LogP contribution in [0.1, 0.15) is 55.4 Å². The summed E-state index contributed by atoms with van der Waals surface area (Å²) < 4.78 is 0. The maximum absolute atomic E-state index is 10.6. The fourth-order valence-electron chi connectivity index (χ4n) is 0.469. The van der Waals surface area contributed by atoms with Crippen molar-refractivity contribution in [2.24, 2.45) is 11.8 Å². The van der Waals surface area contributed by atoms with E-state index in [1.807, 2.05) is 34.6 Å². The summed E-state index contributed by atoms with van der Waals surface area (Å²) in [6.45, 7) is 15.7. The lowest BCUT2D eigenvalue weighted by Gasteiger charge is -2.09. The molecule has 0 aromatic rings. The van der Waals surface area contributed by atoms with Crippen molar-refractivity contribution in [3.8, 4) is 0 Å². The highest BCUT2D eigenvalue weighted by atomic mass is 16.1. The molecular formula is C11H26O. The average Bonchev–Trinajstić information content (AvgIpc) is 2.10. The number of rotatable bonds is 2. The largest absolute Gasteiger partial charge is 0.300 e. The van der Waals surface area contributed by atoms with E-state index in [0.29, 0.717) is 11.7 Å². The molecule has 0 heterocycles. The molecule has 0 aliphatic carbocycles. The molecule has 76 valence electrons. The van der Waals surface area contributed by atoms with Gasteiger partial charge < -0.3 is 0 Å². The molecule has 1 atom stereocenters. The second-order valence-electron chi connectivity index (χ2n) is 2.64. The van der Waals surface area contributed by atoms with Crippen molar-refractivity contribution in [3.63, 3.8) is 0 Å². The third-order valence-corrected chi connectivity index (χ3v) is 1.64. The van der Waals surface area contributed by atoms with Gasteiger partial charge in [0.1, 0.15) is 5.78 Å². The number of hydrogen-bond acceptors (Lipinski definition) is 1. The Labute approximate surface area is 78.6 Å². The molecule has 0 rings (SSSR count). The molecule has 0 fully saturated rings. The van der Waals surface area contributed by atoms with Gasteiger partial charge in [-0.15, -0.1) is 0 Å². The Morgan fingerprint density at radius 2 is 1.17 bits per heavy atom. The van der Waals surface area contributed by atoms with Crippen molar-refractivity contribution < 1.29 is 4.79 Å². The Hall–Kier alpha value is -0.330. The van der Waals surface area contributed by atoms with Crippen LogP contribution in [0.25, 0.3) is 0 Å². The molecule has 0 bridgehead atoms. The van der Waals surface area contributed by atoms with Crippen LogP contribution >= 0.6 is 0 Å². The van der Waals surface area contributed by atoms with E-state index in [2.05, 4.69) is 13.8 Å². The Morgan fingerprint density at radius 1 is 0.917 bits per heavy atom. The summed E-state index contributed by atoms with van der Waals surface area (Å²) >= 11 is 0. The molecule has 12 heavy (non-hydrogen) atoms. The summed E-state index contributed by atoms with van der Waals surface area (Å²) in [6.07, 6.45) is 0. The molecular weight excluding hydrogens is 148 g/mol. The Kier molecular flexibility index (Phi) is 19.6. The number of hydrogen-bond donors (Lipinski definition) is 0. The van der Waals surface area contributed by atoms with E-state index in [1.165, 1.54) is 0 Å². The van der Waals surface area contributed by atoms with E-state index in [0.717, 1.165) is 0 Å². The standard InChI is InChI=1S/C7H14O.2C2H6/c1-5(2)6(3)7(4)8;2*1-2/h5-6H,1-4H3;2*1-2H3/t6-;;/m0../s1. The van der Waals surface area contributed by atoms with Gasteiger partial charge in [0.15, 0.2) is 0 Å². The predicted molar refractivity (Wildman–Crippen MR) is 57.4 cm³/mol. The van der Waals surface area contributed by atoms with Gasteiger partial charge in [-0.1, -0.05) is 48.5 Å². The highest BCUT2D eigenvalue weighted by Crippen LogP contribution is 2.09. The van der Waals surface area contributed by atoms with Crippen molar-refractivity contribution in [2.75, 3.05) is 0 Å². The zero-order valence-corrected chi connectivity index (χ0v) is 10.1. The van der Waals surface area contributed by atoms with Crippen molar-refractivity contribution in [1.29, 1.82) is 0 Å². The Morgan fingerprint density at radius 3 is 1.17 bits per heavy atom. The third kappa shape index (κ3) is 12.4. The topological polar surface area (TPSA) is 17.1 Å². The number of ketones is 1. The quantitative estimate of drug-likeness (QED) is 0.620. The molecule has 0 saturated carbocycles. The monoisotopic (exact) mass is 174 g/mol. The van der Waals surface area contributed by atoms with Crippen molar-refractivity contribution >= 4 is 5.78 Å². The number of Topliss-reactive ketones (excluding diaryl/α,β-unsaturated/α-hetero) is 1. The van der Waals surface area contributed by atoms with Gasteiger partial charge in [-0.25, -0.2) is 0 Å². The SMILES string of the molecule is CC.CC.CC(=O)[C@@H](C)C(C)C. The summed E-state index contributed by atoms with van der Waals surface area (Å²) in [6, 6.07) is 0. The van der Waals surface area contributed by atoms with E-state index < -0.39 is 0 Å². The van der Waals surface area contributed by atoms with Gasteiger partial charge in [0.25, 0.3) is 0 Å². The second-order valence-corrected chi connectivity index (χ2v) is 2.64. The van der Waals surface area contributed by atoms with Crippen LogP contribution in [0, 0.1) is 11.8 Å². The van der Waals surface area contributed by atoms with Crippen molar-refractivity contribution in [3.05, 3.63) is 0 Å². The van der Waals surface area contributed by atoms with Crippen LogP contribution < -0.4 is 0 Å². The van der Waals surface area contributed by atoms with Crippen LogP contribution in [-0.2, 0) is 4.79 Å². The predicted octanol–water partition coefficient (Wildman–Crippen LogP) is 3.92. The minimum absolute atomic E-state index is 0.231. The normalized spacial score (nSPS) is 10.4. The Balaban J connectivity index is -0.000000175. The zero-order valence-electron chi connectivity index (χ0n) is 10.1. The zero-order chi connectivity index (χ0) is 10.7.